The van der Waals surface area contributed by atoms with Gasteiger partial charge in [-0.05, 0) is 25.0 Å². The van der Waals surface area contributed by atoms with Gasteiger partial charge in [0.15, 0.2) is 5.65 Å². The number of nitrogens with one attached hydrogen (secondary N) is 1. The zero-order valence-electron chi connectivity index (χ0n) is 13.6. The number of nitrogen functional groups attached to an aromatic ring is 1. The summed E-state index contributed by atoms with van der Waals surface area (Å²) in [7, 11) is 1.83. The Morgan fingerprint density at radius 1 is 1.25 bits per heavy atom. The molecule has 0 amide bonds. The van der Waals surface area contributed by atoms with E-state index in [1.807, 2.05) is 37.5 Å². The minimum atomic E-state index is 0.284. The van der Waals surface area contributed by atoms with Crippen molar-refractivity contribution in [2.24, 2.45) is 0 Å². The van der Waals surface area contributed by atoms with Crippen molar-refractivity contribution >= 4 is 23.2 Å². The van der Waals surface area contributed by atoms with Crippen molar-refractivity contribution in [3.05, 3.63) is 36.3 Å². The lowest BCUT2D eigenvalue weighted by Gasteiger charge is -2.33. The number of rotatable bonds is 3. The minimum Gasteiger partial charge on any atom is -0.373 e. The molecule has 0 radical (unpaired) electrons. The van der Waals surface area contributed by atoms with Gasteiger partial charge in [0.1, 0.15) is 17.5 Å². The monoisotopic (exact) mass is 324 g/mol. The highest BCUT2D eigenvalue weighted by Gasteiger charge is 2.26. The first-order valence-corrected chi connectivity index (χ1v) is 8.11. The molecule has 3 N–H and O–H groups in total. The predicted octanol–water partition coefficient (Wildman–Crippen LogP) is 1.53. The second-order valence-electron chi connectivity index (χ2n) is 5.99. The van der Waals surface area contributed by atoms with Gasteiger partial charge in [0, 0.05) is 38.3 Å². The fourth-order valence-electron chi connectivity index (χ4n) is 3.28. The van der Waals surface area contributed by atoms with Gasteiger partial charge >= 0.3 is 0 Å². The van der Waals surface area contributed by atoms with Crippen molar-refractivity contribution < 1.29 is 0 Å². The second-order valence-corrected chi connectivity index (χ2v) is 5.99. The molecule has 1 unspecified atom stereocenters. The molecule has 0 aromatic carbocycles. The molecule has 0 aliphatic carbocycles. The van der Waals surface area contributed by atoms with E-state index in [-0.39, 0.29) is 5.95 Å². The van der Waals surface area contributed by atoms with Gasteiger partial charge in [-0.3, -0.25) is 4.40 Å². The van der Waals surface area contributed by atoms with E-state index < -0.39 is 0 Å². The van der Waals surface area contributed by atoms with Crippen LogP contribution < -0.4 is 16.0 Å². The molecule has 1 saturated heterocycles. The lowest BCUT2D eigenvalue weighted by molar-refractivity contribution is 0.486. The molecule has 8 heteroatoms. The van der Waals surface area contributed by atoms with Gasteiger partial charge in [-0.2, -0.15) is 9.97 Å². The summed E-state index contributed by atoms with van der Waals surface area (Å²) in [6, 6.07) is 7.89. The second kappa shape index (κ2) is 5.95. The van der Waals surface area contributed by atoms with Gasteiger partial charge in [-0.15, -0.1) is 10.2 Å². The Kier molecular flexibility index (Phi) is 3.64. The Morgan fingerprint density at radius 2 is 2.17 bits per heavy atom. The molecule has 8 nitrogen and oxygen atoms in total. The number of hydrogen-bond donors (Lipinski definition) is 2. The molecule has 1 atom stereocenters. The number of anilines is 3. The molecule has 0 bridgehead atoms. The summed E-state index contributed by atoms with van der Waals surface area (Å²) < 4.78 is 2.07. The van der Waals surface area contributed by atoms with Crippen LogP contribution in [0.15, 0.2) is 30.5 Å². The zero-order valence-corrected chi connectivity index (χ0v) is 13.6. The third kappa shape index (κ3) is 2.60. The first kappa shape index (κ1) is 14.7. The van der Waals surface area contributed by atoms with Crippen LogP contribution in [0, 0.1) is 0 Å². The van der Waals surface area contributed by atoms with Crippen LogP contribution in [0.1, 0.15) is 24.6 Å². The summed E-state index contributed by atoms with van der Waals surface area (Å²) in [6.07, 6.45) is 4.18. The predicted molar refractivity (Wildman–Crippen MR) is 93.2 cm³/mol. The SMILES string of the molecule is CNc1cc(N2CCCC(c3nnc4ccccn34)C2)nc(N)n1. The van der Waals surface area contributed by atoms with Crippen LogP contribution in [-0.4, -0.2) is 44.7 Å². The average Bonchev–Trinajstić information content (AvgIpc) is 3.05. The van der Waals surface area contributed by atoms with E-state index in [2.05, 4.69) is 34.8 Å². The molecule has 4 rings (SSSR count). The number of piperidine rings is 1. The lowest BCUT2D eigenvalue weighted by atomic mass is 9.97. The van der Waals surface area contributed by atoms with E-state index in [4.69, 9.17) is 5.73 Å². The number of nitrogens with zero attached hydrogens (tertiary/aromatic N) is 6. The fraction of sp³-hybridized carbons (Fsp3) is 0.375. The first-order valence-electron chi connectivity index (χ1n) is 8.11. The third-order valence-electron chi connectivity index (χ3n) is 4.44. The number of hydrogen-bond acceptors (Lipinski definition) is 7. The highest BCUT2D eigenvalue weighted by atomic mass is 15.3. The number of pyridine rings is 1. The Morgan fingerprint density at radius 3 is 3.04 bits per heavy atom. The van der Waals surface area contributed by atoms with Crippen LogP contribution in [0.3, 0.4) is 0 Å². The first-order chi connectivity index (χ1) is 11.7. The maximum atomic E-state index is 5.83. The maximum absolute atomic E-state index is 5.83. The summed E-state index contributed by atoms with van der Waals surface area (Å²) >= 11 is 0. The van der Waals surface area contributed by atoms with Crippen molar-refractivity contribution in [2.75, 3.05) is 36.1 Å². The van der Waals surface area contributed by atoms with E-state index >= 15 is 0 Å². The number of fused-ring (bicyclic) bond motifs is 1. The van der Waals surface area contributed by atoms with Crippen LogP contribution in [0.25, 0.3) is 5.65 Å². The van der Waals surface area contributed by atoms with Gasteiger partial charge < -0.3 is 16.0 Å². The molecule has 3 aromatic heterocycles. The van der Waals surface area contributed by atoms with Crippen LogP contribution in [-0.2, 0) is 0 Å². The molecule has 1 aliphatic heterocycles. The standard InChI is InChI=1S/C16H20N8/c1-18-12-9-14(20-16(17)19-12)23-7-4-5-11(10-23)15-22-21-13-6-2-3-8-24(13)15/h2-3,6,8-9,11H,4-5,7,10H2,1H3,(H3,17,18,19,20). The van der Waals surface area contributed by atoms with Crippen molar-refractivity contribution in [3.8, 4) is 0 Å². The van der Waals surface area contributed by atoms with Crippen LogP contribution >= 0.6 is 0 Å². The van der Waals surface area contributed by atoms with Crippen molar-refractivity contribution in [2.45, 2.75) is 18.8 Å². The van der Waals surface area contributed by atoms with Crippen LogP contribution in [0.5, 0.6) is 0 Å². The van der Waals surface area contributed by atoms with Crippen molar-refractivity contribution in [3.63, 3.8) is 0 Å². The Balaban J connectivity index is 1.63. The lowest BCUT2D eigenvalue weighted by Crippen LogP contribution is -2.35. The fourth-order valence-corrected chi connectivity index (χ4v) is 3.28. The third-order valence-corrected chi connectivity index (χ3v) is 4.44. The van der Waals surface area contributed by atoms with E-state index in [1.54, 1.807) is 0 Å². The zero-order chi connectivity index (χ0) is 16.5. The van der Waals surface area contributed by atoms with Crippen molar-refractivity contribution in [1.82, 2.24) is 24.6 Å². The molecule has 0 saturated carbocycles. The maximum Gasteiger partial charge on any atom is 0.223 e. The Labute approximate surface area is 139 Å². The molecule has 4 heterocycles. The highest BCUT2D eigenvalue weighted by molar-refractivity contribution is 5.53. The highest BCUT2D eigenvalue weighted by Crippen LogP contribution is 2.29. The number of nitrogens with two attached hydrogens (primary N) is 1. The van der Waals surface area contributed by atoms with E-state index in [0.29, 0.717) is 5.92 Å². The molecule has 1 aliphatic rings. The summed E-state index contributed by atoms with van der Waals surface area (Å²) in [4.78, 5) is 10.8. The summed E-state index contributed by atoms with van der Waals surface area (Å²) in [6.45, 7) is 1.79. The molecular formula is C16H20N8. The van der Waals surface area contributed by atoms with Gasteiger partial charge in [-0.1, -0.05) is 6.07 Å². The Hall–Kier alpha value is -2.90. The van der Waals surface area contributed by atoms with Gasteiger partial charge in [0.05, 0.1) is 0 Å². The molecular weight excluding hydrogens is 304 g/mol. The Bertz CT molecular complexity index is 858. The van der Waals surface area contributed by atoms with Crippen molar-refractivity contribution in [1.29, 1.82) is 0 Å². The minimum absolute atomic E-state index is 0.284. The van der Waals surface area contributed by atoms with E-state index in [1.165, 1.54) is 0 Å². The topological polar surface area (TPSA) is 97.3 Å². The van der Waals surface area contributed by atoms with Gasteiger partial charge in [0.25, 0.3) is 0 Å². The summed E-state index contributed by atoms with van der Waals surface area (Å²) in [5.74, 6) is 3.18. The van der Waals surface area contributed by atoms with Gasteiger partial charge in [0.2, 0.25) is 5.95 Å². The molecule has 0 spiro atoms. The largest absolute Gasteiger partial charge is 0.373 e. The smallest absolute Gasteiger partial charge is 0.223 e. The van der Waals surface area contributed by atoms with Gasteiger partial charge in [-0.25, -0.2) is 0 Å². The van der Waals surface area contributed by atoms with E-state index in [0.717, 1.165) is 49.0 Å². The van der Waals surface area contributed by atoms with Crippen LogP contribution in [0.4, 0.5) is 17.6 Å². The molecule has 3 aromatic rings. The van der Waals surface area contributed by atoms with E-state index in [9.17, 15) is 0 Å². The summed E-state index contributed by atoms with van der Waals surface area (Å²) in [5, 5.41) is 11.7. The summed E-state index contributed by atoms with van der Waals surface area (Å²) in [5.41, 5.74) is 6.71. The molecule has 124 valence electrons. The van der Waals surface area contributed by atoms with Crippen LogP contribution in [0.2, 0.25) is 0 Å². The number of aromatic nitrogens is 5. The average molecular weight is 324 g/mol. The quantitative estimate of drug-likeness (QED) is 0.754. The normalized spacial score (nSPS) is 18.0. The molecule has 24 heavy (non-hydrogen) atoms. The molecule has 1 fully saturated rings.